The summed E-state index contributed by atoms with van der Waals surface area (Å²) >= 11 is 0. The molecular weight excluding hydrogens is 216 g/mol. The first-order valence-electron chi connectivity index (χ1n) is 3.38. The van der Waals surface area contributed by atoms with Gasteiger partial charge in [-0.3, -0.25) is 10.5 Å². The SMILES string of the molecule is O=C(O)c1ccccc1C(=O)O.OO.[H-].[H-].[Mg+2]. The molecule has 80 valence electrons. The molecule has 1 rings (SSSR count). The van der Waals surface area contributed by atoms with Crippen molar-refractivity contribution < 1.29 is 33.2 Å². The van der Waals surface area contributed by atoms with Crippen LogP contribution in [-0.2, 0) is 0 Å². The number of benzene rings is 1. The molecule has 4 N–H and O–H groups in total. The van der Waals surface area contributed by atoms with Gasteiger partial charge in [0.1, 0.15) is 0 Å². The predicted molar refractivity (Wildman–Crippen MR) is 53.6 cm³/mol. The quantitative estimate of drug-likeness (QED) is 0.339. The minimum absolute atomic E-state index is 0. The first kappa shape index (κ1) is 16.3. The Morgan fingerprint density at radius 2 is 1.20 bits per heavy atom. The predicted octanol–water partition coefficient (Wildman–Crippen LogP) is 0.945. The molecule has 0 aromatic heterocycles. The van der Waals surface area contributed by atoms with Crippen LogP contribution in [0.25, 0.3) is 0 Å². The zero-order valence-electron chi connectivity index (χ0n) is 9.62. The molecule has 0 heterocycles. The van der Waals surface area contributed by atoms with Crippen LogP contribution in [0, 0.1) is 0 Å². The maximum Gasteiger partial charge on any atom is 2.00 e. The van der Waals surface area contributed by atoms with Crippen molar-refractivity contribution in [1.82, 2.24) is 0 Å². The molecule has 0 fully saturated rings. The average Bonchev–Trinajstić information content (AvgIpc) is 2.20. The second-order valence-corrected chi connectivity index (χ2v) is 2.16. The van der Waals surface area contributed by atoms with Gasteiger partial charge in [-0.1, -0.05) is 12.1 Å². The Morgan fingerprint density at radius 3 is 1.40 bits per heavy atom. The zero-order valence-corrected chi connectivity index (χ0v) is 9.04. The van der Waals surface area contributed by atoms with Crippen LogP contribution in [0.4, 0.5) is 0 Å². The van der Waals surface area contributed by atoms with Crippen LogP contribution in [-0.4, -0.2) is 55.7 Å². The summed E-state index contributed by atoms with van der Waals surface area (Å²) in [5.41, 5.74) is -0.380. The van der Waals surface area contributed by atoms with E-state index in [0.717, 1.165) is 0 Å². The van der Waals surface area contributed by atoms with Crippen molar-refractivity contribution in [1.29, 1.82) is 0 Å². The Kier molecular flexibility index (Phi) is 8.88. The van der Waals surface area contributed by atoms with Crippen LogP contribution in [0.5, 0.6) is 0 Å². The summed E-state index contributed by atoms with van der Waals surface area (Å²) in [5, 5.41) is 29.1. The van der Waals surface area contributed by atoms with Crippen LogP contribution in [0.15, 0.2) is 24.3 Å². The van der Waals surface area contributed by atoms with E-state index >= 15 is 0 Å². The van der Waals surface area contributed by atoms with E-state index in [1.807, 2.05) is 0 Å². The van der Waals surface area contributed by atoms with Gasteiger partial charge in [0.2, 0.25) is 0 Å². The Bertz CT molecular complexity index is 314. The third-order valence-corrected chi connectivity index (χ3v) is 1.39. The summed E-state index contributed by atoms with van der Waals surface area (Å²) in [6, 6.07) is 5.48. The maximum atomic E-state index is 10.5. The molecule has 0 amide bonds. The smallest absolute Gasteiger partial charge is 1.00 e. The Balaban J connectivity index is -0.000000160. The van der Waals surface area contributed by atoms with E-state index in [9.17, 15) is 9.59 Å². The first-order chi connectivity index (χ1) is 6.63. The van der Waals surface area contributed by atoms with Crippen LogP contribution < -0.4 is 0 Å². The molecule has 6 nitrogen and oxygen atoms in total. The topological polar surface area (TPSA) is 115 Å². The summed E-state index contributed by atoms with van der Waals surface area (Å²) in [7, 11) is 0. The van der Waals surface area contributed by atoms with Crippen LogP contribution in [0.2, 0.25) is 0 Å². The zero-order chi connectivity index (χ0) is 11.1. The molecule has 0 aliphatic rings. The number of carboxylic acid groups (broad SMARTS) is 2. The average molecular weight is 226 g/mol. The molecule has 1 aromatic rings. The summed E-state index contributed by atoms with van der Waals surface area (Å²) < 4.78 is 0. The molecule has 0 saturated carbocycles. The van der Waals surface area contributed by atoms with Gasteiger partial charge in [0.15, 0.2) is 0 Å². The number of hydrogen-bond acceptors (Lipinski definition) is 4. The van der Waals surface area contributed by atoms with E-state index in [0.29, 0.717) is 0 Å². The van der Waals surface area contributed by atoms with Crippen molar-refractivity contribution in [3.05, 3.63) is 35.4 Å². The van der Waals surface area contributed by atoms with Crippen molar-refractivity contribution in [2.75, 3.05) is 0 Å². The third-order valence-electron chi connectivity index (χ3n) is 1.39. The maximum absolute atomic E-state index is 10.5. The minimum Gasteiger partial charge on any atom is -1.00 e. The summed E-state index contributed by atoms with van der Waals surface area (Å²) in [4.78, 5) is 20.9. The van der Waals surface area contributed by atoms with E-state index in [2.05, 4.69) is 0 Å². The fourth-order valence-corrected chi connectivity index (χ4v) is 0.856. The minimum atomic E-state index is -1.23. The van der Waals surface area contributed by atoms with E-state index in [-0.39, 0.29) is 37.0 Å². The second-order valence-electron chi connectivity index (χ2n) is 2.16. The summed E-state index contributed by atoms with van der Waals surface area (Å²) in [6.07, 6.45) is 0. The number of carboxylic acids is 2. The molecular formula is C8H10MgO6. The van der Waals surface area contributed by atoms with Crippen LogP contribution in [0.3, 0.4) is 0 Å². The molecule has 1 aromatic carbocycles. The molecule has 15 heavy (non-hydrogen) atoms. The molecule has 0 aliphatic heterocycles. The standard InChI is InChI=1S/C8H6O4.Mg.H2O2.2H/c9-7(10)5-3-1-2-4-6(5)8(11)12;;1-2;;/h1-4H,(H,9,10)(H,11,12);;1-2H;;/q;+2;;2*-1. The van der Waals surface area contributed by atoms with E-state index < -0.39 is 11.9 Å². The molecule has 0 aliphatic carbocycles. The van der Waals surface area contributed by atoms with Crippen molar-refractivity contribution in [2.24, 2.45) is 0 Å². The van der Waals surface area contributed by atoms with Gasteiger partial charge in [-0.2, -0.15) is 0 Å². The first-order valence-corrected chi connectivity index (χ1v) is 3.38. The van der Waals surface area contributed by atoms with Crippen molar-refractivity contribution in [3.8, 4) is 0 Å². The Hall–Kier alpha value is -1.15. The molecule has 0 saturated heterocycles. The largest absolute Gasteiger partial charge is 2.00 e. The molecule has 0 bridgehead atoms. The van der Waals surface area contributed by atoms with Gasteiger partial charge in [-0.25, -0.2) is 9.59 Å². The monoisotopic (exact) mass is 226 g/mol. The number of hydrogen-bond donors (Lipinski definition) is 4. The van der Waals surface area contributed by atoms with Crippen molar-refractivity contribution in [3.63, 3.8) is 0 Å². The van der Waals surface area contributed by atoms with E-state index in [1.54, 1.807) is 0 Å². The van der Waals surface area contributed by atoms with Gasteiger partial charge >= 0.3 is 35.0 Å². The molecule has 0 spiro atoms. The molecule has 0 atom stereocenters. The fourth-order valence-electron chi connectivity index (χ4n) is 0.856. The van der Waals surface area contributed by atoms with E-state index in [1.165, 1.54) is 24.3 Å². The fraction of sp³-hybridized carbons (Fsp3) is 0. The molecule has 0 unspecified atom stereocenters. The second kappa shape index (κ2) is 8.18. The Labute approximate surface area is 104 Å². The third kappa shape index (κ3) is 4.75. The van der Waals surface area contributed by atoms with Gasteiger partial charge in [0.05, 0.1) is 11.1 Å². The number of aromatic carboxylic acids is 2. The summed E-state index contributed by atoms with van der Waals surface area (Å²) in [6.45, 7) is 0. The van der Waals surface area contributed by atoms with E-state index in [4.69, 9.17) is 20.7 Å². The molecule has 7 heteroatoms. The van der Waals surface area contributed by atoms with Gasteiger partial charge in [0.25, 0.3) is 0 Å². The summed E-state index contributed by atoms with van der Waals surface area (Å²) in [5.74, 6) is -2.46. The number of carbonyl (C=O) groups is 2. The van der Waals surface area contributed by atoms with Crippen LogP contribution in [0.1, 0.15) is 23.6 Å². The van der Waals surface area contributed by atoms with Crippen molar-refractivity contribution in [2.45, 2.75) is 0 Å². The van der Waals surface area contributed by atoms with Gasteiger partial charge in [-0.05, 0) is 12.1 Å². The van der Waals surface area contributed by atoms with Crippen molar-refractivity contribution >= 4 is 35.0 Å². The number of rotatable bonds is 2. The van der Waals surface area contributed by atoms with Gasteiger partial charge < -0.3 is 13.1 Å². The Morgan fingerprint density at radius 1 is 0.933 bits per heavy atom. The molecule has 0 radical (unpaired) electrons. The van der Waals surface area contributed by atoms with Gasteiger partial charge in [-0.15, -0.1) is 0 Å². The van der Waals surface area contributed by atoms with Crippen LogP contribution >= 0.6 is 0 Å². The normalized spacial score (nSPS) is 7.87. The van der Waals surface area contributed by atoms with Gasteiger partial charge in [0, 0.05) is 0 Å².